The quantitative estimate of drug-likeness (QED) is 0.820. The number of nitrogens with one attached hydrogen (secondary N) is 2. The highest BCUT2D eigenvalue weighted by atomic mass is 16.7. The highest BCUT2D eigenvalue weighted by Crippen LogP contribution is 2.32. The van der Waals surface area contributed by atoms with Gasteiger partial charge in [-0.1, -0.05) is 6.07 Å². The first-order valence-electron chi connectivity index (χ1n) is 7.40. The fraction of sp³-hybridized carbons (Fsp3) is 0.438. The Hall–Kier alpha value is -2.01. The summed E-state index contributed by atoms with van der Waals surface area (Å²) < 4.78 is 10.7. The monoisotopic (exact) mass is 287 g/mol. The first-order valence-corrected chi connectivity index (χ1v) is 7.40. The second-order valence-electron chi connectivity index (χ2n) is 5.41. The van der Waals surface area contributed by atoms with Gasteiger partial charge >= 0.3 is 0 Å². The number of ether oxygens (including phenoxy) is 2. The molecule has 2 N–H and O–H groups in total. The maximum absolute atomic E-state index is 5.40. The van der Waals surface area contributed by atoms with Gasteiger partial charge in [-0.05, 0) is 37.5 Å². The minimum absolute atomic E-state index is 0.338. The lowest BCUT2D eigenvalue weighted by Crippen LogP contribution is -2.28. The number of H-pyrrole nitrogens is 1. The first-order chi connectivity index (χ1) is 10.3. The number of benzene rings is 1. The molecular formula is C16H21N3O2. The van der Waals surface area contributed by atoms with Gasteiger partial charge in [-0.15, -0.1) is 0 Å². The molecule has 1 unspecified atom stereocenters. The Kier molecular flexibility index (Phi) is 4.40. The molecule has 1 aliphatic heterocycles. The van der Waals surface area contributed by atoms with Crippen LogP contribution in [0.3, 0.4) is 0 Å². The second kappa shape index (κ2) is 6.63. The summed E-state index contributed by atoms with van der Waals surface area (Å²) in [5.74, 6) is 1.72. The van der Waals surface area contributed by atoms with Crippen LogP contribution in [0, 0.1) is 0 Å². The van der Waals surface area contributed by atoms with Gasteiger partial charge in [0, 0.05) is 30.9 Å². The Labute approximate surface area is 124 Å². The van der Waals surface area contributed by atoms with Crippen LogP contribution in [-0.2, 0) is 12.8 Å². The van der Waals surface area contributed by atoms with Crippen LogP contribution in [0.1, 0.15) is 24.6 Å². The van der Waals surface area contributed by atoms with Crippen molar-refractivity contribution >= 4 is 0 Å². The summed E-state index contributed by atoms with van der Waals surface area (Å²) in [6.45, 7) is 3.52. The first kappa shape index (κ1) is 13.9. The van der Waals surface area contributed by atoms with Gasteiger partial charge in [0.1, 0.15) is 0 Å². The molecular weight excluding hydrogens is 266 g/mol. The Morgan fingerprint density at radius 2 is 2.19 bits per heavy atom. The molecule has 112 valence electrons. The van der Waals surface area contributed by atoms with Crippen LogP contribution in [0.2, 0.25) is 0 Å². The van der Waals surface area contributed by atoms with Gasteiger partial charge in [-0.2, -0.15) is 0 Å². The highest BCUT2D eigenvalue weighted by Gasteiger charge is 2.13. The molecule has 0 amide bonds. The molecule has 21 heavy (non-hydrogen) atoms. The van der Waals surface area contributed by atoms with Crippen LogP contribution < -0.4 is 14.8 Å². The van der Waals surface area contributed by atoms with E-state index in [1.807, 2.05) is 12.3 Å². The summed E-state index contributed by atoms with van der Waals surface area (Å²) in [4.78, 5) is 7.13. The molecule has 0 bridgehead atoms. The summed E-state index contributed by atoms with van der Waals surface area (Å²) in [6.07, 6.45) is 6.71. The number of aromatic nitrogens is 2. The van der Waals surface area contributed by atoms with Crippen molar-refractivity contribution in [3.63, 3.8) is 0 Å². The number of hydrogen-bond acceptors (Lipinski definition) is 4. The zero-order valence-corrected chi connectivity index (χ0v) is 12.3. The molecule has 1 atom stereocenters. The fourth-order valence-electron chi connectivity index (χ4n) is 2.46. The van der Waals surface area contributed by atoms with E-state index in [1.165, 1.54) is 11.3 Å². The number of nitrogens with zero attached hydrogens (tertiary/aromatic N) is 1. The third-order valence-electron chi connectivity index (χ3n) is 3.74. The molecule has 1 aromatic heterocycles. The Morgan fingerprint density at radius 1 is 1.29 bits per heavy atom. The third kappa shape index (κ3) is 3.76. The lowest BCUT2D eigenvalue weighted by atomic mass is 10.1. The van der Waals surface area contributed by atoms with Crippen LogP contribution in [0.25, 0.3) is 0 Å². The van der Waals surface area contributed by atoms with E-state index in [1.54, 1.807) is 6.33 Å². The van der Waals surface area contributed by atoms with Gasteiger partial charge in [0.05, 0.1) is 6.33 Å². The molecule has 0 saturated heterocycles. The van der Waals surface area contributed by atoms with Crippen LogP contribution in [0.5, 0.6) is 11.5 Å². The third-order valence-corrected chi connectivity index (χ3v) is 3.74. The normalized spacial score (nSPS) is 14.3. The Bertz CT molecular complexity index is 569. The highest BCUT2D eigenvalue weighted by molar-refractivity contribution is 5.44. The van der Waals surface area contributed by atoms with Crippen molar-refractivity contribution in [3.8, 4) is 11.5 Å². The molecule has 1 aliphatic rings. The smallest absolute Gasteiger partial charge is 0.231 e. The summed E-state index contributed by atoms with van der Waals surface area (Å²) in [5.41, 5.74) is 2.46. The number of hydrogen-bond donors (Lipinski definition) is 2. The van der Waals surface area contributed by atoms with E-state index in [-0.39, 0.29) is 0 Å². The fourth-order valence-corrected chi connectivity index (χ4v) is 2.46. The van der Waals surface area contributed by atoms with Crippen molar-refractivity contribution in [3.05, 3.63) is 42.0 Å². The molecule has 3 rings (SSSR count). The van der Waals surface area contributed by atoms with Gasteiger partial charge < -0.3 is 19.8 Å². The second-order valence-corrected chi connectivity index (χ2v) is 5.41. The van der Waals surface area contributed by atoms with Gasteiger partial charge in [0.15, 0.2) is 11.5 Å². The lowest BCUT2D eigenvalue weighted by molar-refractivity contribution is 0.174. The minimum atomic E-state index is 0.338. The van der Waals surface area contributed by atoms with Gasteiger partial charge in [0.25, 0.3) is 0 Å². The SMILES string of the molecule is CC(CCc1ccc2c(c1)OCO2)NCCc1cnc[nH]1. The van der Waals surface area contributed by atoms with Gasteiger partial charge in [-0.25, -0.2) is 4.98 Å². The summed E-state index contributed by atoms with van der Waals surface area (Å²) >= 11 is 0. The largest absolute Gasteiger partial charge is 0.454 e. The summed E-state index contributed by atoms with van der Waals surface area (Å²) in [6, 6.07) is 6.68. The molecule has 1 aromatic carbocycles. The predicted octanol–water partition coefficient (Wildman–Crippen LogP) is 2.29. The average molecular weight is 287 g/mol. The molecule has 0 aliphatic carbocycles. The molecule has 5 heteroatoms. The van der Waals surface area contributed by atoms with E-state index in [4.69, 9.17) is 9.47 Å². The minimum Gasteiger partial charge on any atom is -0.454 e. The topological polar surface area (TPSA) is 59.2 Å². The molecule has 5 nitrogen and oxygen atoms in total. The maximum Gasteiger partial charge on any atom is 0.231 e. The van der Waals surface area contributed by atoms with Gasteiger partial charge in [0.2, 0.25) is 6.79 Å². The van der Waals surface area contributed by atoms with Crippen molar-refractivity contribution in [2.24, 2.45) is 0 Å². The Morgan fingerprint density at radius 3 is 3.05 bits per heavy atom. The van der Waals surface area contributed by atoms with Crippen LogP contribution in [0.4, 0.5) is 0 Å². The maximum atomic E-state index is 5.40. The molecule has 0 saturated carbocycles. The lowest BCUT2D eigenvalue weighted by Gasteiger charge is -2.13. The Balaban J connectivity index is 1.40. The van der Waals surface area contributed by atoms with Crippen molar-refractivity contribution in [1.29, 1.82) is 0 Å². The van der Waals surface area contributed by atoms with Gasteiger partial charge in [-0.3, -0.25) is 0 Å². The van der Waals surface area contributed by atoms with E-state index < -0.39 is 0 Å². The number of imidazole rings is 1. The van der Waals surface area contributed by atoms with Crippen LogP contribution in [0.15, 0.2) is 30.7 Å². The van der Waals surface area contributed by atoms with E-state index in [9.17, 15) is 0 Å². The predicted molar refractivity (Wildman–Crippen MR) is 80.6 cm³/mol. The number of aromatic amines is 1. The van der Waals surface area contributed by atoms with Crippen LogP contribution >= 0.6 is 0 Å². The number of rotatable bonds is 7. The van der Waals surface area contributed by atoms with Crippen molar-refractivity contribution in [2.45, 2.75) is 32.2 Å². The van der Waals surface area contributed by atoms with Crippen molar-refractivity contribution in [1.82, 2.24) is 15.3 Å². The van der Waals surface area contributed by atoms with E-state index in [0.29, 0.717) is 12.8 Å². The van der Waals surface area contributed by atoms with Crippen molar-refractivity contribution in [2.75, 3.05) is 13.3 Å². The molecule has 0 fully saturated rings. The van der Waals surface area contributed by atoms with E-state index in [2.05, 4.69) is 34.3 Å². The van der Waals surface area contributed by atoms with E-state index >= 15 is 0 Å². The molecule has 0 radical (unpaired) electrons. The zero-order valence-electron chi connectivity index (χ0n) is 12.3. The molecule has 2 heterocycles. The summed E-state index contributed by atoms with van der Waals surface area (Å²) in [7, 11) is 0. The number of aryl methyl sites for hydroxylation is 1. The molecule has 2 aromatic rings. The van der Waals surface area contributed by atoms with Crippen LogP contribution in [-0.4, -0.2) is 29.3 Å². The summed E-state index contributed by atoms with van der Waals surface area (Å²) in [5, 5.41) is 3.54. The average Bonchev–Trinajstić information content (AvgIpc) is 3.15. The standard InChI is InChI=1S/C16H21N3O2/c1-12(18-7-6-14-9-17-10-19-14)2-3-13-4-5-15-16(8-13)21-11-20-15/h4-5,8-10,12,18H,2-3,6-7,11H2,1H3,(H,17,19). The number of fused-ring (bicyclic) bond motifs is 1. The van der Waals surface area contributed by atoms with E-state index in [0.717, 1.165) is 37.3 Å². The zero-order chi connectivity index (χ0) is 14.5. The molecule has 0 spiro atoms. The van der Waals surface area contributed by atoms with Crippen molar-refractivity contribution < 1.29 is 9.47 Å².